The molecule has 0 bridgehead atoms. The highest BCUT2D eigenvalue weighted by Gasteiger charge is 2.41. The summed E-state index contributed by atoms with van der Waals surface area (Å²) in [4.78, 5) is 25.2. The molecule has 5 heteroatoms. The first-order valence-corrected chi connectivity index (χ1v) is 5.18. The lowest BCUT2D eigenvalue weighted by atomic mass is 9.98. The molecule has 1 unspecified atom stereocenters. The minimum Gasteiger partial charge on any atom is -0.352 e. The third-order valence-electron chi connectivity index (χ3n) is 2.92. The second kappa shape index (κ2) is 4.18. The Balaban J connectivity index is 2.84. The van der Waals surface area contributed by atoms with Crippen molar-refractivity contribution in [2.24, 2.45) is 0 Å². The average Bonchev–Trinajstić information content (AvgIpc) is 2.20. The van der Waals surface area contributed by atoms with Gasteiger partial charge in [0.1, 0.15) is 5.54 Å². The van der Waals surface area contributed by atoms with Gasteiger partial charge in [0.2, 0.25) is 11.8 Å². The number of likely N-dealkylation sites (N-methyl/N-ethyl adjacent to an activating group) is 1. The zero-order valence-electron chi connectivity index (χ0n) is 9.76. The average molecular weight is 213 g/mol. The van der Waals surface area contributed by atoms with E-state index < -0.39 is 5.54 Å². The Hall–Kier alpha value is -1.10. The Kier molecular flexibility index (Phi) is 3.34. The summed E-state index contributed by atoms with van der Waals surface area (Å²) in [7, 11) is 1.74. The van der Waals surface area contributed by atoms with E-state index in [0.29, 0.717) is 13.1 Å². The number of hydrogen-bond acceptors (Lipinski definition) is 3. The SMILES string of the molecule is CNC(C)C(=O)N1CCNC(=O)C1(C)C. The maximum atomic E-state index is 12.0. The molecule has 15 heavy (non-hydrogen) atoms. The van der Waals surface area contributed by atoms with Crippen molar-refractivity contribution < 1.29 is 9.59 Å². The molecule has 1 saturated heterocycles. The number of amides is 2. The summed E-state index contributed by atoms with van der Waals surface area (Å²) in [5, 5.41) is 5.65. The summed E-state index contributed by atoms with van der Waals surface area (Å²) < 4.78 is 0. The van der Waals surface area contributed by atoms with Gasteiger partial charge in [-0.1, -0.05) is 0 Å². The molecular weight excluding hydrogens is 194 g/mol. The maximum absolute atomic E-state index is 12.0. The van der Waals surface area contributed by atoms with Gasteiger partial charge in [0.05, 0.1) is 6.04 Å². The molecule has 0 aromatic heterocycles. The monoisotopic (exact) mass is 213 g/mol. The van der Waals surface area contributed by atoms with Gasteiger partial charge in [-0.3, -0.25) is 9.59 Å². The predicted molar refractivity (Wildman–Crippen MR) is 57.3 cm³/mol. The highest BCUT2D eigenvalue weighted by Crippen LogP contribution is 2.18. The number of hydrogen-bond donors (Lipinski definition) is 2. The van der Waals surface area contributed by atoms with E-state index in [1.807, 2.05) is 0 Å². The minimum absolute atomic E-state index is 0.0302. The van der Waals surface area contributed by atoms with Crippen LogP contribution in [0.1, 0.15) is 20.8 Å². The second-order valence-electron chi connectivity index (χ2n) is 4.32. The highest BCUT2D eigenvalue weighted by atomic mass is 16.2. The van der Waals surface area contributed by atoms with Gasteiger partial charge in [0, 0.05) is 13.1 Å². The maximum Gasteiger partial charge on any atom is 0.245 e. The number of carbonyl (C=O) groups excluding carboxylic acids is 2. The number of piperazine rings is 1. The van der Waals surface area contributed by atoms with Gasteiger partial charge in [-0.2, -0.15) is 0 Å². The van der Waals surface area contributed by atoms with Crippen LogP contribution >= 0.6 is 0 Å². The zero-order chi connectivity index (χ0) is 11.6. The van der Waals surface area contributed by atoms with Crippen LogP contribution in [0.3, 0.4) is 0 Å². The van der Waals surface area contributed by atoms with Crippen molar-refractivity contribution in [3.05, 3.63) is 0 Å². The van der Waals surface area contributed by atoms with Crippen LogP contribution in [0, 0.1) is 0 Å². The van der Waals surface area contributed by atoms with Gasteiger partial charge in [0.25, 0.3) is 0 Å². The van der Waals surface area contributed by atoms with Crippen molar-refractivity contribution in [3.63, 3.8) is 0 Å². The molecule has 1 heterocycles. The number of nitrogens with one attached hydrogen (secondary N) is 2. The Morgan fingerprint density at radius 3 is 2.73 bits per heavy atom. The van der Waals surface area contributed by atoms with Gasteiger partial charge < -0.3 is 15.5 Å². The van der Waals surface area contributed by atoms with E-state index >= 15 is 0 Å². The molecule has 2 N–H and O–H groups in total. The Labute approximate surface area is 90.2 Å². The fourth-order valence-corrected chi connectivity index (χ4v) is 1.64. The summed E-state index contributed by atoms with van der Waals surface area (Å²) >= 11 is 0. The summed E-state index contributed by atoms with van der Waals surface area (Å²) in [5.41, 5.74) is -0.750. The van der Waals surface area contributed by atoms with E-state index in [0.717, 1.165) is 0 Å². The van der Waals surface area contributed by atoms with E-state index in [9.17, 15) is 9.59 Å². The van der Waals surface area contributed by atoms with Crippen molar-refractivity contribution >= 4 is 11.8 Å². The number of rotatable bonds is 2. The number of nitrogens with zero attached hydrogens (tertiary/aromatic N) is 1. The molecule has 1 fully saturated rings. The van der Waals surface area contributed by atoms with Crippen molar-refractivity contribution in [3.8, 4) is 0 Å². The standard InChI is InChI=1S/C10H19N3O2/c1-7(11-4)8(14)13-6-5-12-9(15)10(13,2)3/h7,11H,5-6H2,1-4H3,(H,12,15). The second-order valence-corrected chi connectivity index (χ2v) is 4.32. The first-order valence-electron chi connectivity index (χ1n) is 5.18. The summed E-state index contributed by atoms with van der Waals surface area (Å²) in [6.45, 7) is 6.43. The molecule has 0 aliphatic carbocycles. The van der Waals surface area contributed by atoms with Crippen molar-refractivity contribution in [2.45, 2.75) is 32.4 Å². The first kappa shape index (κ1) is 12.0. The lowest BCUT2D eigenvalue weighted by Crippen LogP contribution is -2.65. The first-order chi connectivity index (χ1) is 6.91. The molecule has 0 aromatic rings. The van der Waals surface area contributed by atoms with Gasteiger partial charge in [0.15, 0.2) is 0 Å². The van der Waals surface area contributed by atoms with Crippen LogP contribution < -0.4 is 10.6 Å². The van der Waals surface area contributed by atoms with Crippen molar-refractivity contribution in [1.82, 2.24) is 15.5 Å². The molecular formula is C10H19N3O2. The van der Waals surface area contributed by atoms with Gasteiger partial charge in [-0.05, 0) is 27.8 Å². The van der Waals surface area contributed by atoms with E-state index in [2.05, 4.69) is 10.6 Å². The molecule has 86 valence electrons. The molecule has 1 aliphatic rings. The quantitative estimate of drug-likeness (QED) is 0.639. The van der Waals surface area contributed by atoms with Crippen LogP contribution in [0.25, 0.3) is 0 Å². The van der Waals surface area contributed by atoms with Gasteiger partial charge in [-0.15, -0.1) is 0 Å². The summed E-state index contributed by atoms with van der Waals surface area (Å²) in [6, 6.07) is -0.254. The largest absolute Gasteiger partial charge is 0.352 e. The van der Waals surface area contributed by atoms with Crippen molar-refractivity contribution in [1.29, 1.82) is 0 Å². The fourth-order valence-electron chi connectivity index (χ4n) is 1.64. The van der Waals surface area contributed by atoms with Crippen LogP contribution in [-0.4, -0.2) is 48.4 Å². The fraction of sp³-hybridized carbons (Fsp3) is 0.800. The van der Waals surface area contributed by atoms with E-state index in [-0.39, 0.29) is 17.9 Å². The van der Waals surface area contributed by atoms with Crippen LogP contribution in [0.5, 0.6) is 0 Å². The molecule has 1 atom stereocenters. The molecule has 0 saturated carbocycles. The molecule has 0 aromatic carbocycles. The molecule has 1 rings (SSSR count). The third kappa shape index (κ3) is 2.12. The van der Waals surface area contributed by atoms with Crippen LogP contribution in [0.2, 0.25) is 0 Å². The lowest BCUT2D eigenvalue weighted by molar-refractivity contribution is -0.150. The third-order valence-corrected chi connectivity index (χ3v) is 2.92. The van der Waals surface area contributed by atoms with Gasteiger partial charge in [-0.25, -0.2) is 0 Å². The van der Waals surface area contributed by atoms with Crippen molar-refractivity contribution in [2.75, 3.05) is 20.1 Å². The minimum atomic E-state index is -0.750. The zero-order valence-corrected chi connectivity index (χ0v) is 9.76. The van der Waals surface area contributed by atoms with E-state index in [4.69, 9.17) is 0 Å². The topological polar surface area (TPSA) is 61.4 Å². The smallest absolute Gasteiger partial charge is 0.245 e. The summed E-state index contributed by atoms with van der Waals surface area (Å²) in [6.07, 6.45) is 0. The molecule has 0 spiro atoms. The highest BCUT2D eigenvalue weighted by molar-refractivity contribution is 5.93. The van der Waals surface area contributed by atoms with Crippen LogP contribution in [-0.2, 0) is 9.59 Å². The normalized spacial score (nSPS) is 22.1. The number of carbonyl (C=O) groups is 2. The summed E-state index contributed by atoms with van der Waals surface area (Å²) in [5.74, 6) is -0.122. The van der Waals surface area contributed by atoms with Crippen LogP contribution in [0.4, 0.5) is 0 Å². The predicted octanol–water partition coefficient (Wildman–Crippen LogP) is -0.669. The van der Waals surface area contributed by atoms with Crippen LogP contribution in [0.15, 0.2) is 0 Å². The Morgan fingerprint density at radius 2 is 2.20 bits per heavy atom. The molecule has 2 amide bonds. The molecule has 0 radical (unpaired) electrons. The molecule has 5 nitrogen and oxygen atoms in total. The molecule has 1 aliphatic heterocycles. The van der Waals surface area contributed by atoms with E-state index in [1.165, 1.54) is 0 Å². The Bertz CT molecular complexity index is 276. The van der Waals surface area contributed by atoms with E-state index in [1.54, 1.807) is 32.7 Å². The Morgan fingerprint density at radius 1 is 1.60 bits per heavy atom. The lowest BCUT2D eigenvalue weighted by Gasteiger charge is -2.42. The van der Waals surface area contributed by atoms with Gasteiger partial charge >= 0.3 is 0 Å².